The molecule has 0 heterocycles. The Labute approximate surface area is 467 Å². The summed E-state index contributed by atoms with van der Waals surface area (Å²) in [6.45, 7) is 12.6. The van der Waals surface area contributed by atoms with Crippen LogP contribution in [0.2, 0.25) is 0 Å². The monoisotopic (exact) mass is 1090 g/mol. The van der Waals surface area contributed by atoms with E-state index >= 15 is 8.78 Å². The van der Waals surface area contributed by atoms with Crippen LogP contribution in [-0.2, 0) is 19.1 Å². The van der Waals surface area contributed by atoms with Gasteiger partial charge < -0.3 is 28.4 Å². The molecule has 0 atom stereocenters. The van der Waals surface area contributed by atoms with E-state index in [0.29, 0.717) is 49.1 Å². The summed E-state index contributed by atoms with van der Waals surface area (Å²) >= 11 is 0. The van der Waals surface area contributed by atoms with Crippen molar-refractivity contribution < 1.29 is 56.4 Å². The molecular formula is C66H96F2O10. The standard InChI is InChI=1S/C66H96F2O10/c1-53(2)63(69)75-49-37-33-29-25-21-17-13-9-5-7-11-15-19-23-27-31-35-47-73-57-43-39-55(40-44-57)65(71)77-59-51-60(67)62(61(68)52-59)78-66(72)56-41-45-58(46-42-56)74-48-36-32-28-24-20-16-12-8-6-10-14-18-22-26-30-34-38-50-76-64(70)54(3)4/h39-46,51-52H,1,3,5-38,47-50H2,2,4H3. The van der Waals surface area contributed by atoms with Gasteiger partial charge in [0.1, 0.15) is 17.2 Å². The highest BCUT2D eigenvalue weighted by molar-refractivity contribution is 5.92. The molecule has 0 aliphatic heterocycles. The third-order valence-corrected chi connectivity index (χ3v) is 13.8. The van der Waals surface area contributed by atoms with Gasteiger partial charge in [0.05, 0.1) is 37.6 Å². The minimum Gasteiger partial charge on any atom is -0.494 e. The first-order chi connectivity index (χ1) is 37.9. The number of carbonyl (C=O) groups excluding carboxylic acids is 4. The Morgan fingerprint density at radius 3 is 0.859 bits per heavy atom. The van der Waals surface area contributed by atoms with Gasteiger partial charge in [-0.2, -0.15) is 0 Å². The Morgan fingerprint density at radius 1 is 0.346 bits per heavy atom. The van der Waals surface area contributed by atoms with Crippen molar-refractivity contribution >= 4 is 23.9 Å². The number of unbranched alkanes of at least 4 members (excludes halogenated alkanes) is 32. The van der Waals surface area contributed by atoms with Gasteiger partial charge in [0.2, 0.25) is 5.75 Å². The summed E-state index contributed by atoms with van der Waals surface area (Å²) < 4.78 is 62.4. The summed E-state index contributed by atoms with van der Waals surface area (Å²) in [5.74, 6) is -4.77. The first-order valence-corrected chi connectivity index (χ1v) is 30.0. The third-order valence-electron chi connectivity index (χ3n) is 13.8. The van der Waals surface area contributed by atoms with Gasteiger partial charge in [0.25, 0.3) is 0 Å². The maximum atomic E-state index is 15.0. The average Bonchev–Trinajstić information content (AvgIpc) is 3.44. The molecule has 3 aromatic rings. The third kappa shape index (κ3) is 32.4. The SMILES string of the molecule is C=C(C)C(=O)OCCCCCCCCCCCCCCCCCCCOc1ccc(C(=O)Oc2cc(F)c(OC(=O)c3ccc(OCCCCCCCCCCCCCCCCCCCOC(=O)C(=C)C)cc3)c(F)c2)cc1. The van der Waals surface area contributed by atoms with Crippen LogP contribution in [0.1, 0.15) is 253 Å². The Hall–Kier alpha value is -5.52. The summed E-state index contributed by atoms with van der Waals surface area (Å²) in [5, 5.41) is 0. The Bertz CT molecular complexity index is 2110. The zero-order valence-corrected chi connectivity index (χ0v) is 47.9. The van der Waals surface area contributed by atoms with E-state index in [-0.39, 0.29) is 28.8 Å². The highest BCUT2D eigenvalue weighted by Crippen LogP contribution is 2.29. The number of carbonyl (C=O) groups is 4. The minimum atomic E-state index is -1.19. The van der Waals surface area contributed by atoms with Crippen LogP contribution in [-0.4, -0.2) is 50.3 Å². The largest absolute Gasteiger partial charge is 0.494 e. The molecule has 0 unspecified atom stereocenters. The van der Waals surface area contributed by atoms with Gasteiger partial charge in [-0.25, -0.2) is 28.0 Å². The molecule has 0 aromatic heterocycles. The van der Waals surface area contributed by atoms with Crippen LogP contribution in [0, 0.1) is 11.6 Å². The van der Waals surface area contributed by atoms with Gasteiger partial charge in [0, 0.05) is 23.3 Å². The van der Waals surface area contributed by atoms with Crippen LogP contribution in [0.4, 0.5) is 8.78 Å². The Kier molecular flexibility index (Phi) is 37.1. The summed E-state index contributed by atoms with van der Waals surface area (Å²) in [7, 11) is 0. The molecule has 0 aliphatic carbocycles. The number of ether oxygens (including phenoxy) is 6. The van der Waals surface area contributed by atoms with Crippen LogP contribution in [0.15, 0.2) is 85.0 Å². The zero-order chi connectivity index (χ0) is 56.3. The van der Waals surface area contributed by atoms with E-state index in [1.54, 1.807) is 38.1 Å². The fourth-order valence-electron chi connectivity index (χ4n) is 9.05. The molecule has 0 fully saturated rings. The van der Waals surface area contributed by atoms with Crippen molar-refractivity contribution in [1.29, 1.82) is 0 Å². The Morgan fingerprint density at radius 2 is 0.590 bits per heavy atom. The normalized spacial score (nSPS) is 11.0. The van der Waals surface area contributed by atoms with Gasteiger partial charge in [-0.1, -0.05) is 206 Å². The van der Waals surface area contributed by atoms with E-state index in [2.05, 4.69) is 13.2 Å². The fourth-order valence-corrected chi connectivity index (χ4v) is 9.05. The lowest BCUT2D eigenvalue weighted by Crippen LogP contribution is -2.12. The van der Waals surface area contributed by atoms with E-state index < -0.39 is 29.3 Å². The lowest BCUT2D eigenvalue weighted by Gasteiger charge is -2.11. The molecular weight excluding hydrogens is 991 g/mol. The smallest absolute Gasteiger partial charge is 0.343 e. The predicted molar refractivity (Wildman–Crippen MR) is 309 cm³/mol. The van der Waals surface area contributed by atoms with E-state index in [4.69, 9.17) is 28.4 Å². The zero-order valence-electron chi connectivity index (χ0n) is 47.9. The van der Waals surface area contributed by atoms with Crippen molar-refractivity contribution in [3.63, 3.8) is 0 Å². The van der Waals surface area contributed by atoms with Gasteiger partial charge in [-0.05, 0) is 88.1 Å². The highest BCUT2D eigenvalue weighted by atomic mass is 19.1. The van der Waals surface area contributed by atoms with Crippen molar-refractivity contribution in [2.75, 3.05) is 26.4 Å². The minimum absolute atomic E-state index is 0.0951. The number of halogens is 2. The lowest BCUT2D eigenvalue weighted by atomic mass is 10.0. The van der Waals surface area contributed by atoms with Crippen molar-refractivity contribution in [2.24, 2.45) is 0 Å². The second-order valence-electron chi connectivity index (χ2n) is 21.1. The van der Waals surface area contributed by atoms with E-state index in [0.717, 1.165) is 63.5 Å². The molecule has 0 saturated carbocycles. The summed E-state index contributed by atoms with van der Waals surface area (Å²) in [5.41, 5.74) is 1.19. The highest BCUT2D eigenvalue weighted by Gasteiger charge is 2.20. The molecule has 3 aromatic carbocycles. The molecule has 3 rings (SSSR count). The first kappa shape index (κ1) is 66.8. The average molecular weight is 1090 g/mol. The van der Waals surface area contributed by atoms with Crippen LogP contribution >= 0.6 is 0 Å². The summed E-state index contributed by atoms with van der Waals surface area (Å²) in [6.07, 6.45) is 41.3. The molecule has 434 valence electrons. The molecule has 0 N–H and O–H groups in total. The topological polar surface area (TPSA) is 124 Å². The van der Waals surface area contributed by atoms with E-state index in [9.17, 15) is 19.2 Å². The van der Waals surface area contributed by atoms with Gasteiger partial charge >= 0.3 is 23.9 Å². The molecule has 0 saturated heterocycles. The lowest BCUT2D eigenvalue weighted by molar-refractivity contribution is -0.139. The first-order valence-electron chi connectivity index (χ1n) is 30.0. The number of esters is 4. The van der Waals surface area contributed by atoms with Crippen molar-refractivity contribution in [1.82, 2.24) is 0 Å². The van der Waals surface area contributed by atoms with Gasteiger partial charge in [0.15, 0.2) is 11.6 Å². The molecule has 78 heavy (non-hydrogen) atoms. The summed E-state index contributed by atoms with van der Waals surface area (Å²) in [4.78, 5) is 48.4. The van der Waals surface area contributed by atoms with Crippen molar-refractivity contribution in [2.45, 2.75) is 232 Å². The summed E-state index contributed by atoms with van der Waals surface area (Å²) in [6, 6.07) is 14.2. The number of rotatable bonds is 48. The van der Waals surface area contributed by atoms with Crippen molar-refractivity contribution in [3.05, 3.63) is 108 Å². The fraction of sp³-hybridized carbons (Fsp3) is 0.606. The van der Waals surface area contributed by atoms with Crippen molar-refractivity contribution in [3.8, 4) is 23.0 Å². The van der Waals surface area contributed by atoms with Crippen LogP contribution in [0.3, 0.4) is 0 Å². The molecule has 0 amide bonds. The maximum Gasteiger partial charge on any atom is 0.343 e. The number of hydrogen-bond donors (Lipinski definition) is 0. The predicted octanol–water partition coefficient (Wildman–Crippen LogP) is 18.7. The maximum absolute atomic E-state index is 15.0. The second-order valence-corrected chi connectivity index (χ2v) is 21.1. The molecule has 0 radical (unpaired) electrons. The quantitative estimate of drug-likeness (QED) is 0.0234. The molecule has 12 heteroatoms. The molecule has 0 bridgehead atoms. The van der Waals surface area contributed by atoms with E-state index in [1.165, 1.54) is 191 Å². The molecule has 0 spiro atoms. The number of hydrogen-bond acceptors (Lipinski definition) is 10. The molecule has 0 aliphatic rings. The van der Waals surface area contributed by atoms with E-state index in [1.807, 2.05) is 0 Å². The van der Waals surface area contributed by atoms with Crippen LogP contribution in [0.25, 0.3) is 0 Å². The second kappa shape index (κ2) is 43.4. The Balaban J connectivity index is 1.14. The number of benzene rings is 3. The molecule has 10 nitrogen and oxygen atoms in total. The van der Waals surface area contributed by atoms with Gasteiger partial charge in [-0.15, -0.1) is 0 Å². The van der Waals surface area contributed by atoms with Crippen LogP contribution in [0.5, 0.6) is 23.0 Å². The van der Waals surface area contributed by atoms with Gasteiger partial charge in [-0.3, -0.25) is 0 Å². The van der Waals surface area contributed by atoms with Crippen LogP contribution < -0.4 is 18.9 Å².